The molecular weight excluding hydrogens is 785 g/mol. The molecule has 14 heteroatoms. The Morgan fingerprint density at radius 3 is 2.02 bits per heavy atom. The minimum absolute atomic E-state index is 0.00155. The average molecular weight is 857 g/mol. The van der Waals surface area contributed by atoms with Gasteiger partial charge in [0.15, 0.2) is 11.6 Å². The molecule has 6 atom stereocenters. The molecule has 336 valence electrons. The summed E-state index contributed by atoms with van der Waals surface area (Å²) in [5.74, 6) is -2.58. The largest absolute Gasteiger partial charge is 0.444 e. The summed E-state index contributed by atoms with van der Waals surface area (Å²) in [6, 6.07) is -1.70. The molecule has 0 unspecified atom stereocenters. The van der Waals surface area contributed by atoms with E-state index in [9.17, 15) is 22.8 Å². The van der Waals surface area contributed by atoms with Crippen LogP contribution in [0.25, 0.3) is 0 Å². The molecule has 4 aliphatic carbocycles. The first-order valence-electron chi connectivity index (χ1n) is 22.9. The Morgan fingerprint density at radius 1 is 0.850 bits per heavy atom. The smallest absolute Gasteiger partial charge is 0.408 e. The number of nitrogens with zero attached hydrogens (tertiary/aromatic N) is 2. The third-order valence-corrected chi connectivity index (χ3v) is 18.8. The molecule has 3 amide bonds. The minimum atomic E-state index is -4.08. The molecule has 60 heavy (non-hydrogen) atoms. The second-order valence-electron chi connectivity index (χ2n) is 22.0. The van der Waals surface area contributed by atoms with Gasteiger partial charge in [-0.3, -0.25) is 19.2 Å². The lowest BCUT2D eigenvalue weighted by atomic mass is 9.65. The monoisotopic (exact) mass is 857 g/mol. The number of carbonyl (C=O) groups excluding carboxylic acids is 5. The van der Waals surface area contributed by atoms with Crippen molar-refractivity contribution in [3.05, 3.63) is 12.7 Å². The standard InChI is InChI=1S/C46H72N4O9S/c1-9-31-27-44(31,38(54)48-60(56,57)49-22-13-14-23-49)29-35(52)33-28-46(41(5,6)45(46)18-15-19-45)30-50(33)37(53)32(42(7)20-24-58-25-21-42)26-34(51)36(43(8)16-11-10-12-17-43)47-39(55)59-40(2,3)4/h9,31-33,36H,1,10-30H2,2-8H3,(H,47,55)(H,48,54)/t31-,32-,33+,36-,44-,46-/m1/s1. The number of hydrogen-bond acceptors (Lipinski definition) is 9. The third-order valence-electron chi connectivity index (χ3n) is 17.3. The van der Waals surface area contributed by atoms with Gasteiger partial charge in [0.1, 0.15) is 5.60 Å². The van der Waals surface area contributed by atoms with Crippen molar-refractivity contribution in [2.45, 2.75) is 169 Å². The number of rotatable bonds is 14. The highest BCUT2D eigenvalue weighted by atomic mass is 32.2. The maximum atomic E-state index is 15.7. The van der Waals surface area contributed by atoms with Crippen molar-refractivity contribution in [3.8, 4) is 0 Å². The van der Waals surface area contributed by atoms with Crippen molar-refractivity contribution in [2.24, 2.45) is 44.3 Å². The lowest BCUT2D eigenvalue weighted by Crippen LogP contribution is -2.55. The van der Waals surface area contributed by atoms with Crippen LogP contribution in [0.4, 0.5) is 4.79 Å². The van der Waals surface area contributed by atoms with Gasteiger partial charge < -0.3 is 19.7 Å². The number of ether oxygens (including phenoxy) is 2. The summed E-state index contributed by atoms with van der Waals surface area (Å²) in [5, 5.41) is 2.98. The van der Waals surface area contributed by atoms with Gasteiger partial charge in [-0.1, -0.05) is 59.5 Å². The number of allylic oxidation sites excluding steroid dienone is 1. The normalized spacial score (nSPS) is 32.4. The molecule has 0 aromatic heterocycles. The molecule has 0 radical (unpaired) electrons. The van der Waals surface area contributed by atoms with E-state index in [1.807, 2.05) is 0 Å². The first-order valence-corrected chi connectivity index (χ1v) is 24.3. The van der Waals surface area contributed by atoms with Gasteiger partial charge in [-0.25, -0.2) is 9.52 Å². The number of Topliss-reactive ketones (excluding diaryl/α,β-unsaturated/α-hetero) is 2. The van der Waals surface area contributed by atoms with Crippen LogP contribution in [0.15, 0.2) is 12.7 Å². The van der Waals surface area contributed by atoms with Crippen LogP contribution in [0.3, 0.4) is 0 Å². The Bertz CT molecular complexity index is 1850. The van der Waals surface area contributed by atoms with Crippen molar-refractivity contribution < 1.29 is 41.9 Å². The molecule has 7 rings (SSSR count). The summed E-state index contributed by atoms with van der Waals surface area (Å²) in [6.07, 6.45) is 11.5. The predicted molar refractivity (Wildman–Crippen MR) is 226 cm³/mol. The van der Waals surface area contributed by atoms with Gasteiger partial charge in [0, 0.05) is 51.1 Å². The van der Waals surface area contributed by atoms with E-state index in [1.165, 1.54) is 4.31 Å². The van der Waals surface area contributed by atoms with Crippen LogP contribution in [-0.4, -0.2) is 97.6 Å². The van der Waals surface area contributed by atoms with E-state index in [4.69, 9.17) is 9.47 Å². The predicted octanol–water partition coefficient (Wildman–Crippen LogP) is 6.65. The van der Waals surface area contributed by atoms with Crippen LogP contribution >= 0.6 is 0 Å². The lowest BCUT2D eigenvalue weighted by molar-refractivity contribution is -0.150. The van der Waals surface area contributed by atoms with Gasteiger partial charge in [-0.05, 0) is 113 Å². The van der Waals surface area contributed by atoms with Crippen LogP contribution in [0.5, 0.6) is 0 Å². The summed E-state index contributed by atoms with van der Waals surface area (Å²) in [4.78, 5) is 74.8. The highest BCUT2D eigenvalue weighted by Gasteiger charge is 2.85. The fourth-order valence-corrected chi connectivity index (χ4v) is 14.3. The van der Waals surface area contributed by atoms with Gasteiger partial charge in [-0.15, -0.1) is 6.58 Å². The number of likely N-dealkylation sites (tertiary alicyclic amines) is 1. The Morgan fingerprint density at radius 2 is 1.48 bits per heavy atom. The SMILES string of the molecule is C=C[C@@H]1C[C@]1(CC(=O)[C@@H]1C[C@@]2(CN1C(=O)[C@@H](CC(=O)[C@@H](NC(=O)OC(C)(C)C)C1(C)CCCCC1)C1(C)CCOCC1)C(C)(C)C21CCC1)C(=O)NS(=O)(=O)N1CCCC1. The Hall–Kier alpha value is -2.84. The molecule has 3 heterocycles. The summed E-state index contributed by atoms with van der Waals surface area (Å²) < 4.78 is 41.6. The highest BCUT2D eigenvalue weighted by Crippen LogP contribution is 2.88. The molecule has 2 N–H and O–H groups in total. The maximum Gasteiger partial charge on any atom is 0.408 e. The first-order chi connectivity index (χ1) is 28.0. The Kier molecular flexibility index (Phi) is 11.9. The van der Waals surface area contributed by atoms with E-state index in [2.05, 4.69) is 44.3 Å². The summed E-state index contributed by atoms with van der Waals surface area (Å²) in [7, 11) is -4.08. The molecule has 7 fully saturated rings. The van der Waals surface area contributed by atoms with Crippen molar-refractivity contribution in [1.82, 2.24) is 19.2 Å². The molecule has 0 aromatic rings. The molecule has 0 bridgehead atoms. The molecule has 13 nitrogen and oxygen atoms in total. The molecule has 3 aliphatic heterocycles. The van der Waals surface area contributed by atoms with E-state index in [-0.39, 0.29) is 52.5 Å². The molecule has 4 saturated carbocycles. The number of alkyl carbamates (subject to hydrolysis) is 1. The van der Waals surface area contributed by atoms with Crippen molar-refractivity contribution in [2.75, 3.05) is 32.8 Å². The van der Waals surface area contributed by atoms with Crippen LogP contribution in [0, 0.1) is 44.3 Å². The van der Waals surface area contributed by atoms with Crippen LogP contribution in [-0.2, 0) is 38.9 Å². The third kappa shape index (κ3) is 7.68. The summed E-state index contributed by atoms with van der Waals surface area (Å²) in [5.41, 5.74) is -3.62. The van der Waals surface area contributed by atoms with Gasteiger partial charge >= 0.3 is 16.3 Å². The molecular formula is C46H72N4O9S. The van der Waals surface area contributed by atoms with Crippen molar-refractivity contribution in [3.63, 3.8) is 0 Å². The second kappa shape index (κ2) is 15.7. The second-order valence-corrected chi connectivity index (χ2v) is 23.7. The van der Waals surface area contributed by atoms with Crippen molar-refractivity contribution in [1.29, 1.82) is 0 Å². The molecule has 2 spiro atoms. The zero-order valence-corrected chi connectivity index (χ0v) is 38.2. The first kappa shape index (κ1) is 45.2. The molecule has 0 aromatic carbocycles. The molecule has 3 saturated heterocycles. The van der Waals surface area contributed by atoms with E-state index >= 15 is 9.59 Å². The fourth-order valence-electron chi connectivity index (χ4n) is 13.0. The maximum absolute atomic E-state index is 15.7. The molecule has 7 aliphatic rings. The van der Waals surface area contributed by atoms with Gasteiger partial charge in [0.05, 0.1) is 23.4 Å². The fraction of sp³-hybridized carbons (Fsp3) is 0.848. The van der Waals surface area contributed by atoms with E-state index < -0.39 is 62.1 Å². The number of carbonyl (C=O) groups is 5. The van der Waals surface area contributed by atoms with Crippen LogP contribution in [0.2, 0.25) is 0 Å². The number of hydrogen-bond donors (Lipinski definition) is 2. The Labute approximate surface area is 358 Å². The highest BCUT2D eigenvalue weighted by molar-refractivity contribution is 7.87. The Balaban J connectivity index is 1.21. The summed E-state index contributed by atoms with van der Waals surface area (Å²) in [6.45, 7) is 19.8. The van der Waals surface area contributed by atoms with Crippen LogP contribution in [0.1, 0.15) is 151 Å². The average Bonchev–Trinajstić information content (AvgIpc) is 3.61. The van der Waals surface area contributed by atoms with Gasteiger partial charge in [-0.2, -0.15) is 12.7 Å². The number of fused-ring (bicyclic) bond motifs is 1. The number of amides is 3. The lowest BCUT2D eigenvalue weighted by Gasteiger charge is -2.44. The van der Waals surface area contributed by atoms with E-state index in [1.54, 1.807) is 31.7 Å². The quantitative estimate of drug-likeness (QED) is 0.182. The zero-order valence-electron chi connectivity index (χ0n) is 37.4. The van der Waals surface area contributed by atoms with Crippen molar-refractivity contribution >= 4 is 39.7 Å². The topological polar surface area (TPSA) is 168 Å². The van der Waals surface area contributed by atoms with E-state index in [0.717, 1.165) is 64.2 Å². The summed E-state index contributed by atoms with van der Waals surface area (Å²) >= 11 is 0. The number of ketones is 2. The van der Waals surface area contributed by atoms with Crippen LogP contribution < -0.4 is 10.0 Å². The zero-order chi connectivity index (χ0) is 43.7. The van der Waals surface area contributed by atoms with Gasteiger partial charge in [0.25, 0.3) is 0 Å². The number of nitrogens with one attached hydrogen (secondary N) is 2. The minimum Gasteiger partial charge on any atom is -0.444 e. The van der Waals surface area contributed by atoms with E-state index in [0.29, 0.717) is 58.5 Å². The van der Waals surface area contributed by atoms with Gasteiger partial charge in [0.2, 0.25) is 11.8 Å².